The van der Waals surface area contributed by atoms with Gasteiger partial charge < -0.3 is 5.73 Å². The van der Waals surface area contributed by atoms with E-state index in [0.29, 0.717) is 0 Å². The third-order valence-electron chi connectivity index (χ3n) is 4.16. The molecule has 0 atom stereocenters. The highest BCUT2D eigenvalue weighted by Crippen LogP contribution is 2.24. The Morgan fingerprint density at radius 2 is 2.11 bits per heavy atom. The summed E-state index contributed by atoms with van der Waals surface area (Å²) in [5.41, 5.74) is 8.25. The predicted octanol–water partition coefficient (Wildman–Crippen LogP) is 2.30. The van der Waals surface area contributed by atoms with Crippen molar-refractivity contribution in [3.63, 3.8) is 0 Å². The Kier molecular flexibility index (Phi) is 5.40. The number of nitrogens with zero attached hydrogens (tertiary/aromatic N) is 3. The lowest BCUT2D eigenvalue weighted by Gasteiger charge is -2.34. The second-order valence-electron chi connectivity index (χ2n) is 5.64. The molecule has 4 heteroatoms. The molecule has 0 bridgehead atoms. The van der Waals surface area contributed by atoms with Crippen molar-refractivity contribution in [3.05, 3.63) is 17.5 Å². The molecule has 1 aromatic rings. The lowest BCUT2D eigenvalue weighted by molar-refractivity contribution is 0.148. The molecule has 0 spiro atoms. The third-order valence-corrected chi connectivity index (χ3v) is 4.16. The Labute approximate surface area is 117 Å². The molecule has 1 aliphatic carbocycles. The van der Waals surface area contributed by atoms with Crippen LogP contribution < -0.4 is 5.73 Å². The molecule has 1 saturated carbocycles. The highest BCUT2D eigenvalue weighted by molar-refractivity contribution is 5.09. The standard InChI is InChI=1S/C15H28N4/c1-3-19-15(11-13(2)17-19)12-18(10-9-16)14-7-5-4-6-8-14/h11,14H,3-10,12,16H2,1-2H3. The maximum Gasteiger partial charge on any atom is 0.0597 e. The van der Waals surface area contributed by atoms with E-state index in [4.69, 9.17) is 5.73 Å². The first-order valence-electron chi connectivity index (χ1n) is 7.72. The summed E-state index contributed by atoms with van der Waals surface area (Å²) < 4.78 is 2.13. The van der Waals surface area contributed by atoms with Crippen LogP contribution >= 0.6 is 0 Å². The van der Waals surface area contributed by atoms with E-state index < -0.39 is 0 Å². The van der Waals surface area contributed by atoms with E-state index in [-0.39, 0.29) is 0 Å². The minimum atomic E-state index is 0.720. The molecule has 108 valence electrons. The molecular weight excluding hydrogens is 236 g/mol. The minimum absolute atomic E-state index is 0.720. The molecule has 0 amide bonds. The lowest BCUT2D eigenvalue weighted by Crippen LogP contribution is -2.40. The first-order valence-corrected chi connectivity index (χ1v) is 7.72. The van der Waals surface area contributed by atoms with Crippen molar-refractivity contribution in [2.75, 3.05) is 13.1 Å². The van der Waals surface area contributed by atoms with Gasteiger partial charge in [-0.25, -0.2) is 0 Å². The van der Waals surface area contributed by atoms with Crippen LogP contribution in [-0.4, -0.2) is 33.8 Å². The van der Waals surface area contributed by atoms with Crippen LogP contribution in [-0.2, 0) is 13.1 Å². The van der Waals surface area contributed by atoms with Gasteiger partial charge in [-0.05, 0) is 32.8 Å². The highest BCUT2D eigenvalue weighted by Gasteiger charge is 2.21. The average Bonchev–Trinajstić information content (AvgIpc) is 2.79. The van der Waals surface area contributed by atoms with Gasteiger partial charge in [0.25, 0.3) is 0 Å². The maximum absolute atomic E-state index is 5.80. The van der Waals surface area contributed by atoms with Crippen molar-refractivity contribution in [2.45, 2.75) is 65.1 Å². The molecule has 0 saturated heterocycles. The highest BCUT2D eigenvalue weighted by atomic mass is 15.3. The van der Waals surface area contributed by atoms with E-state index in [1.54, 1.807) is 0 Å². The molecule has 19 heavy (non-hydrogen) atoms. The zero-order chi connectivity index (χ0) is 13.7. The van der Waals surface area contributed by atoms with Crippen LogP contribution in [0.5, 0.6) is 0 Å². The van der Waals surface area contributed by atoms with Crippen LogP contribution in [0.1, 0.15) is 50.4 Å². The summed E-state index contributed by atoms with van der Waals surface area (Å²) in [6.07, 6.45) is 6.81. The largest absolute Gasteiger partial charge is 0.329 e. The normalized spacial score (nSPS) is 17.3. The van der Waals surface area contributed by atoms with Gasteiger partial charge in [-0.2, -0.15) is 5.10 Å². The Balaban J connectivity index is 2.06. The van der Waals surface area contributed by atoms with E-state index in [1.807, 2.05) is 0 Å². The Morgan fingerprint density at radius 3 is 2.74 bits per heavy atom. The fourth-order valence-electron chi connectivity index (χ4n) is 3.21. The van der Waals surface area contributed by atoms with E-state index in [2.05, 4.69) is 34.6 Å². The van der Waals surface area contributed by atoms with Crippen LogP contribution in [0.15, 0.2) is 6.07 Å². The number of hydrogen-bond donors (Lipinski definition) is 1. The second kappa shape index (κ2) is 7.06. The van der Waals surface area contributed by atoms with Crippen LogP contribution in [0.2, 0.25) is 0 Å². The van der Waals surface area contributed by atoms with E-state index in [1.165, 1.54) is 37.8 Å². The first kappa shape index (κ1) is 14.5. The number of hydrogen-bond acceptors (Lipinski definition) is 3. The topological polar surface area (TPSA) is 47.1 Å². The number of rotatable bonds is 6. The summed E-state index contributed by atoms with van der Waals surface area (Å²) in [4.78, 5) is 2.57. The van der Waals surface area contributed by atoms with Crippen LogP contribution in [0.3, 0.4) is 0 Å². The molecule has 0 aliphatic heterocycles. The van der Waals surface area contributed by atoms with Crippen molar-refractivity contribution in [2.24, 2.45) is 5.73 Å². The smallest absolute Gasteiger partial charge is 0.0597 e. The van der Waals surface area contributed by atoms with Gasteiger partial charge in [-0.3, -0.25) is 9.58 Å². The second-order valence-corrected chi connectivity index (χ2v) is 5.64. The summed E-state index contributed by atoms with van der Waals surface area (Å²) in [6.45, 7) is 7.92. The molecule has 1 aromatic heterocycles. The van der Waals surface area contributed by atoms with Crippen molar-refractivity contribution in [1.82, 2.24) is 14.7 Å². The summed E-state index contributed by atoms with van der Waals surface area (Å²) in [5.74, 6) is 0. The molecule has 0 unspecified atom stereocenters. The van der Waals surface area contributed by atoms with Crippen LogP contribution in [0.25, 0.3) is 0 Å². The fourth-order valence-corrected chi connectivity index (χ4v) is 3.21. The minimum Gasteiger partial charge on any atom is -0.329 e. The van der Waals surface area contributed by atoms with Crippen molar-refractivity contribution >= 4 is 0 Å². The van der Waals surface area contributed by atoms with Gasteiger partial charge >= 0.3 is 0 Å². The molecule has 1 aliphatic rings. The zero-order valence-electron chi connectivity index (χ0n) is 12.4. The lowest BCUT2D eigenvalue weighted by atomic mass is 9.94. The van der Waals surface area contributed by atoms with Gasteiger partial charge in [0.2, 0.25) is 0 Å². The van der Waals surface area contributed by atoms with Crippen LogP contribution in [0, 0.1) is 6.92 Å². The van der Waals surface area contributed by atoms with E-state index >= 15 is 0 Å². The third kappa shape index (κ3) is 3.80. The summed E-state index contributed by atoms with van der Waals surface area (Å²) in [6, 6.07) is 2.94. The van der Waals surface area contributed by atoms with Crippen molar-refractivity contribution in [3.8, 4) is 0 Å². The molecule has 0 radical (unpaired) electrons. The van der Waals surface area contributed by atoms with Gasteiger partial charge in [0.15, 0.2) is 0 Å². The van der Waals surface area contributed by atoms with Crippen molar-refractivity contribution < 1.29 is 0 Å². The Hall–Kier alpha value is -0.870. The number of aromatic nitrogens is 2. The fraction of sp³-hybridized carbons (Fsp3) is 0.800. The van der Waals surface area contributed by atoms with Gasteiger partial charge in [0, 0.05) is 32.2 Å². The van der Waals surface area contributed by atoms with Crippen molar-refractivity contribution in [1.29, 1.82) is 0 Å². The molecule has 2 rings (SSSR count). The molecule has 2 N–H and O–H groups in total. The Morgan fingerprint density at radius 1 is 1.37 bits per heavy atom. The quantitative estimate of drug-likeness (QED) is 0.857. The Bertz CT molecular complexity index is 379. The maximum atomic E-state index is 5.80. The average molecular weight is 264 g/mol. The summed E-state index contributed by atoms with van der Waals surface area (Å²) in [7, 11) is 0. The molecule has 0 aromatic carbocycles. The molecule has 1 heterocycles. The van der Waals surface area contributed by atoms with Gasteiger partial charge in [0.1, 0.15) is 0 Å². The SMILES string of the molecule is CCn1nc(C)cc1CN(CCN)C1CCCCC1. The van der Waals surface area contributed by atoms with Gasteiger partial charge in [-0.15, -0.1) is 0 Å². The number of aryl methyl sites for hydroxylation is 2. The number of nitrogens with two attached hydrogens (primary N) is 1. The van der Waals surface area contributed by atoms with E-state index in [9.17, 15) is 0 Å². The summed E-state index contributed by atoms with van der Waals surface area (Å²) >= 11 is 0. The van der Waals surface area contributed by atoms with Gasteiger partial charge in [0.05, 0.1) is 11.4 Å². The first-order chi connectivity index (χ1) is 9.24. The molecule has 1 fully saturated rings. The monoisotopic (exact) mass is 264 g/mol. The molecular formula is C15H28N4. The zero-order valence-corrected chi connectivity index (χ0v) is 12.4. The van der Waals surface area contributed by atoms with E-state index in [0.717, 1.165) is 37.9 Å². The van der Waals surface area contributed by atoms with Gasteiger partial charge in [-0.1, -0.05) is 19.3 Å². The summed E-state index contributed by atoms with van der Waals surface area (Å²) in [5, 5.41) is 4.55. The predicted molar refractivity (Wildman–Crippen MR) is 79.0 cm³/mol. The molecule has 4 nitrogen and oxygen atoms in total. The van der Waals surface area contributed by atoms with Crippen LogP contribution in [0.4, 0.5) is 0 Å².